The summed E-state index contributed by atoms with van der Waals surface area (Å²) in [6.45, 7) is 7.40. The van der Waals surface area contributed by atoms with E-state index in [1.54, 1.807) is 11.8 Å². The molecule has 2 N–H and O–H groups in total. The molecule has 0 bridgehead atoms. The van der Waals surface area contributed by atoms with Crippen molar-refractivity contribution in [3.05, 3.63) is 29.8 Å². The lowest BCUT2D eigenvalue weighted by molar-refractivity contribution is 0.171. The highest BCUT2D eigenvalue weighted by atomic mass is 32.2. The summed E-state index contributed by atoms with van der Waals surface area (Å²) in [6, 6.07) is 8.39. The molecular formula is C14H23NOS. The second-order valence-electron chi connectivity index (χ2n) is 4.99. The first-order valence-corrected chi connectivity index (χ1v) is 7.24. The fourth-order valence-corrected chi connectivity index (χ4v) is 2.05. The minimum absolute atomic E-state index is 0.109. The lowest BCUT2D eigenvalue weighted by Gasteiger charge is -2.30. The van der Waals surface area contributed by atoms with E-state index in [4.69, 9.17) is 0 Å². The SMILES string of the molecule is CSc1ccc(C(C)(CO)NCC(C)C)cc1. The highest BCUT2D eigenvalue weighted by Gasteiger charge is 2.25. The van der Waals surface area contributed by atoms with Crippen LogP contribution < -0.4 is 5.32 Å². The number of hydrogen-bond acceptors (Lipinski definition) is 3. The second kappa shape index (κ2) is 6.43. The average Bonchev–Trinajstić information content (AvgIpc) is 2.36. The van der Waals surface area contributed by atoms with Gasteiger partial charge >= 0.3 is 0 Å². The number of hydrogen-bond donors (Lipinski definition) is 2. The van der Waals surface area contributed by atoms with Gasteiger partial charge in [-0.05, 0) is 43.3 Å². The monoisotopic (exact) mass is 253 g/mol. The molecule has 0 amide bonds. The van der Waals surface area contributed by atoms with Crippen LogP contribution in [0, 0.1) is 5.92 Å². The average molecular weight is 253 g/mol. The van der Waals surface area contributed by atoms with E-state index in [2.05, 4.69) is 49.7 Å². The Morgan fingerprint density at radius 3 is 2.29 bits per heavy atom. The van der Waals surface area contributed by atoms with E-state index in [1.165, 1.54) is 4.90 Å². The number of aliphatic hydroxyl groups is 1. The third-order valence-electron chi connectivity index (χ3n) is 2.94. The maximum Gasteiger partial charge on any atom is 0.0652 e. The van der Waals surface area contributed by atoms with Gasteiger partial charge in [0.15, 0.2) is 0 Å². The van der Waals surface area contributed by atoms with Crippen LogP contribution in [0.1, 0.15) is 26.3 Å². The first-order chi connectivity index (χ1) is 8.01. The Bertz CT molecular complexity index is 337. The molecule has 1 aromatic rings. The summed E-state index contributed by atoms with van der Waals surface area (Å²) < 4.78 is 0. The van der Waals surface area contributed by atoms with Crippen LogP contribution in [0.2, 0.25) is 0 Å². The van der Waals surface area contributed by atoms with E-state index >= 15 is 0 Å². The molecule has 0 heterocycles. The van der Waals surface area contributed by atoms with E-state index < -0.39 is 0 Å². The summed E-state index contributed by atoms with van der Waals surface area (Å²) in [7, 11) is 0. The summed E-state index contributed by atoms with van der Waals surface area (Å²) in [6.07, 6.45) is 2.07. The third kappa shape index (κ3) is 4.02. The van der Waals surface area contributed by atoms with Crippen LogP contribution in [-0.2, 0) is 5.54 Å². The molecule has 0 saturated heterocycles. The molecule has 1 atom stereocenters. The van der Waals surface area contributed by atoms with Gasteiger partial charge in [0.05, 0.1) is 12.1 Å². The van der Waals surface area contributed by atoms with Crippen molar-refractivity contribution in [2.24, 2.45) is 5.92 Å². The van der Waals surface area contributed by atoms with Crippen molar-refractivity contribution in [2.75, 3.05) is 19.4 Å². The first kappa shape index (κ1) is 14.6. The van der Waals surface area contributed by atoms with Gasteiger partial charge in [-0.1, -0.05) is 26.0 Å². The maximum absolute atomic E-state index is 9.61. The van der Waals surface area contributed by atoms with Crippen molar-refractivity contribution in [1.82, 2.24) is 5.32 Å². The number of benzene rings is 1. The van der Waals surface area contributed by atoms with Crippen molar-refractivity contribution in [3.8, 4) is 0 Å². The molecule has 0 saturated carbocycles. The van der Waals surface area contributed by atoms with Crippen LogP contribution in [0.15, 0.2) is 29.2 Å². The van der Waals surface area contributed by atoms with Gasteiger partial charge < -0.3 is 10.4 Å². The Balaban J connectivity index is 2.83. The largest absolute Gasteiger partial charge is 0.394 e. The number of aliphatic hydroxyl groups excluding tert-OH is 1. The molecule has 0 aliphatic rings. The molecule has 1 rings (SSSR count). The van der Waals surface area contributed by atoms with Crippen molar-refractivity contribution in [3.63, 3.8) is 0 Å². The van der Waals surface area contributed by atoms with Gasteiger partial charge in [-0.25, -0.2) is 0 Å². The van der Waals surface area contributed by atoms with Gasteiger partial charge in [0, 0.05) is 4.90 Å². The molecule has 0 aliphatic carbocycles. The minimum atomic E-state index is -0.346. The highest BCUT2D eigenvalue weighted by molar-refractivity contribution is 7.98. The summed E-state index contributed by atoms with van der Waals surface area (Å²) >= 11 is 1.73. The van der Waals surface area contributed by atoms with Crippen LogP contribution in [-0.4, -0.2) is 24.5 Å². The fraction of sp³-hybridized carbons (Fsp3) is 0.571. The molecule has 96 valence electrons. The van der Waals surface area contributed by atoms with Crippen LogP contribution in [0.3, 0.4) is 0 Å². The molecule has 0 fully saturated rings. The minimum Gasteiger partial charge on any atom is -0.394 e. The van der Waals surface area contributed by atoms with Gasteiger partial charge in [0.1, 0.15) is 0 Å². The summed E-state index contributed by atoms with van der Waals surface area (Å²) in [5.41, 5.74) is 0.791. The van der Waals surface area contributed by atoms with Gasteiger partial charge in [0.25, 0.3) is 0 Å². The Labute approximate surface area is 109 Å². The lowest BCUT2D eigenvalue weighted by Crippen LogP contribution is -2.44. The topological polar surface area (TPSA) is 32.3 Å². The maximum atomic E-state index is 9.61. The van der Waals surface area contributed by atoms with E-state index in [0.717, 1.165) is 12.1 Å². The number of nitrogens with one attached hydrogen (secondary N) is 1. The molecule has 17 heavy (non-hydrogen) atoms. The number of rotatable bonds is 6. The van der Waals surface area contributed by atoms with Crippen molar-refractivity contribution >= 4 is 11.8 Å². The molecule has 1 aromatic carbocycles. The van der Waals surface area contributed by atoms with E-state index in [-0.39, 0.29) is 12.1 Å². The molecule has 1 unspecified atom stereocenters. The molecule has 0 aliphatic heterocycles. The van der Waals surface area contributed by atoms with Gasteiger partial charge in [0.2, 0.25) is 0 Å². The van der Waals surface area contributed by atoms with E-state index in [9.17, 15) is 5.11 Å². The highest BCUT2D eigenvalue weighted by Crippen LogP contribution is 2.23. The normalized spacial score (nSPS) is 14.9. The third-order valence-corrected chi connectivity index (χ3v) is 3.69. The van der Waals surface area contributed by atoms with Gasteiger partial charge in [-0.2, -0.15) is 0 Å². The lowest BCUT2D eigenvalue weighted by atomic mass is 9.92. The zero-order valence-electron chi connectivity index (χ0n) is 11.2. The van der Waals surface area contributed by atoms with Gasteiger partial charge in [-0.3, -0.25) is 0 Å². The van der Waals surface area contributed by atoms with Crippen LogP contribution in [0.4, 0.5) is 0 Å². The molecular weight excluding hydrogens is 230 g/mol. The smallest absolute Gasteiger partial charge is 0.0652 e. The second-order valence-corrected chi connectivity index (χ2v) is 5.87. The predicted molar refractivity (Wildman–Crippen MR) is 75.5 cm³/mol. The molecule has 2 nitrogen and oxygen atoms in total. The Kier molecular flexibility index (Phi) is 5.50. The molecule has 0 aromatic heterocycles. The fourth-order valence-electron chi connectivity index (χ4n) is 1.64. The van der Waals surface area contributed by atoms with Crippen LogP contribution in [0.25, 0.3) is 0 Å². The van der Waals surface area contributed by atoms with Crippen molar-refractivity contribution in [2.45, 2.75) is 31.2 Å². The van der Waals surface area contributed by atoms with Crippen LogP contribution in [0.5, 0.6) is 0 Å². The quantitative estimate of drug-likeness (QED) is 0.765. The standard InChI is InChI=1S/C14H23NOS/c1-11(2)9-15-14(3,10-16)12-5-7-13(17-4)8-6-12/h5-8,11,15-16H,9-10H2,1-4H3. The van der Waals surface area contributed by atoms with Gasteiger partial charge in [-0.15, -0.1) is 11.8 Å². The first-order valence-electron chi connectivity index (χ1n) is 6.02. The Hall–Kier alpha value is -0.510. The summed E-state index contributed by atoms with van der Waals surface area (Å²) in [4.78, 5) is 1.25. The zero-order chi connectivity index (χ0) is 12.9. The zero-order valence-corrected chi connectivity index (χ0v) is 12.0. The Morgan fingerprint density at radius 1 is 1.29 bits per heavy atom. The molecule has 0 spiro atoms. The Morgan fingerprint density at radius 2 is 1.88 bits per heavy atom. The predicted octanol–water partition coefficient (Wildman–Crippen LogP) is 2.86. The van der Waals surface area contributed by atoms with Crippen molar-refractivity contribution in [1.29, 1.82) is 0 Å². The molecule has 0 radical (unpaired) electrons. The van der Waals surface area contributed by atoms with E-state index in [1.807, 2.05) is 6.92 Å². The summed E-state index contributed by atoms with van der Waals surface area (Å²) in [5, 5.41) is 13.1. The van der Waals surface area contributed by atoms with Crippen molar-refractivity contribution < 1.29 is 5.11 Å². The van der Waals surface area contributed by atoms with Crippen LogP contribution >= 0.6 is 11.8 Å². The number of thioether (sulfide) groups is 1. The van der Waals surface area contributed by atoms with E-state index in [0.29, 0.717) is 5.92 Å². The summed E-state index contributed by atoms with van der Waals surface area (Å²) in [5.74, 6) is 0.575. The molecule has 3 heteroatoms.